The Balaban J connectivity index is 2.01. The third-order valence-electron chi connectivity index (χ3n) is 2.57. The largest absolute Gasteiger partial charge is 0.465 e. The molecule has 16 heavy (non-hydrogen) atoms. The van der Waals surface area contributed by atoms with E-state index in [1.165, 1.54) is 0 Å². The van der Waals surface area contributed by atoms with Crippen molar-refractivity contribution in [2.24, 2.45) is 0 Å². The van der Waals surface area contributed by atoms with Crippen molar-refractivity contribution < 1.29 is 19.0 Å². The fourth-order valence-corrected chi connectivity index (χ4v) is 3.33. The van der Waals surface area contributed by atoms with E-state index in [0.29, 0.717) is 17.2 Å². The van der Waals surface area contributed by atoms with E-state index in [0.717, 1.165) is 5.56 Å². The van der Waals surface area contributed by atoms with Crippen LogP contribution in [0.25, 0.3) is 0 Å². The Labute approximate surface area is 94.5 Å². The minimum absolute atomic E-state index is 0.184. The number of rotatable bonds is 2. The van der Waals surface area contributed by atoms with Crippen molar-refractivity contribution in [3.63, 3.8) is 0 Å². The second-order valence-corrected chi connectivity index (χ2v) is 6.16. The molecule has 0 unspecified atom stereocenters. The Bertz CT molecular complexity index is 396. The van der Waals surface area contributed by atoms with E-state index in [1.54, 1.807) is 12.1 Å². The second kappa shape index (κ2) is 3.97. The van der Waals surface area contributed by atoms with Gasteiger partial charge < -0.3 is 5.11 Å². The van der Waals surface area contributed by atoms with Gasteiger partial charge in [0.2, 0.25) is 0 Å². The van der Waals surface area contributed by atoms with Crippen LogP contribution in [-0.2, 0) is 0 Å². The molecule has 1 fully saturated rings. The minimum atomic E-state index is -2.32. The van der Waals surface area contributed by atoms with Gasteiger partial charge in [0, 0.05) is 23.1 Å². The predicted molar refractivity (Wildman–Crippen MR) is 63.4 cm³/mol. The van der Waals surface area contributed by atoms with Crippen molar-refractivity contribution in [2.45, 2.75) is 5.92 Å². The molecule has 2 rings (SSSR count). The summed E-state index contributed by atoms with van der Waals surface area (Å²) in [6.45, 7) is 0. The Morgan fingerprint density at radius 2 is 1.81 bits per heavy atom. The van der Waals surface area contributed by atoms with Gasteiger partial charge in [0.25, 0.3) is 0 Å². The number of carbonyl (C=O) groups is 1. The van der Waals surface area contributed by atoms with E-state index in [9.17, 15) is 13.9 Å². The molecular formula is C10H13NO4S. The van der Waals surface area contributed by atoms with Crippen molar-refractivity contribution in [3.8, 4) is 0 Å². The smallest absolute Gasteiger partial charge is 0.409 e. The van der Waals surface area contributed by atoms with Gasteiger partial charge in [-0.1, -0.05) is 12.1 Å². The molecule has 1 saturated heterocycles. The molecule has 0 aromatic heterocycles. The van der Waals surface area contributed by atoms with Gasteiger partial charge in [0.1, 0.15) is 0 Å². The van der Waals surface area contributed by atoms with Gasteiger partial charge in [0.05, 0.1) is 0 Å². The molecule has 1 aromatic carbocycles. The summed E-state index contributed by atoms with van der Waals surface area (Å²) in [4.78, 5) is 10.4. The van der Waals surface area contributed by atoms with E-state index in [1.807, 2.05) is 12.1 Å². The highest BCUT2D eigenvalue weighted by Gasteiger charge is 2.34. The molecule has 5 nitrogen and oxygen atoms in total. The number of nitrogens with one attached hydrogen (secondary N) is 1. The topological polar surface area (TPSA) is 89.8 Å². The van der Waals surface area contributed by atoms with Crippen LogP contribution in [-0.4, -0.2) is 31.8 Å². The van der Waals surface area contributed by atoms with Crippen LogP contribution in [0.1, 0.15) is 11.5 Å². The summed E-state index contributed by atoms with van der Waals surface area (Å²) in [5.74, 6) is 1.01. The first kappa shape index (κ1) is 11.3. The van der Waals surface area contributed by atoms with Gasteiger partial charge in [-0.25, -0.2) is 4.79 Å². The summed E-state index contributed by atoms with van der Waals surface area (Å²) in [6, 6.07) is 6.97. The Morgan fingerprint density at radius 3 is 2.25 bits per heavy atom. The van der Waals surface area contributed by atoms with E-state index >= 15 is 0 Å². The standard InChI is InChI=1S/C10H13NO4S/c12-10(13)11-9-3-1-7(2-4-9)8-5-16(14,15)6-8/h1-4,8,11,14-15H,5-6H2,(H,12,13). The summed E-state index contributed by atoms with van der Waals surface area (Å²) in [5.41, 5.74) is 1.53. The Morgan fingerprint density at radius 1 is 1.25 bits per heavy atom. The zero-order valence-corrected chi connectivity index (χ0v) is 9.28. The number of amides is 1. The number of hydrogen-bond donors (Lipinski definition) is 4. The molecule has 0 saturated carbocycles. The van der Waals surface area contributed by atoms with Crippen LogP contribution in [0.2, 0.25) is 0 Å². The SMILES string of the molecule is O=C(O)Nc1ccc(C2CS(O)(O)C2)cc1. The van der Waals surface area contributed by atoms with Crippen LogP contribution >= 0.6 is 10.6 Å². The normalized spacial score (nSPS) is 20.9. The van der Waals surface area contributed by atoms with Crippen LogP contribution in [0, 0.1) is 0 Å². The van der Waals surface area contributed by atoms with Crippen LogP contribution in [0.15, 0.2) is 24.3 Å². The number of benzene rings is 1. The molecule has 1 aliphatic rings. The number of carboxylic acid groups (broad SMARTS) is 1. The fourth-order valence-electron chi connectivity index (χ4n) is 1.75. The molecule has 1 amide bonds. The molecule has 0 atom stereocenters. The van der Waals surface area contributed by atoms with E-state index in [2.05, 4.69) is 5.32 Å². The van der Waals surface area contributed by atoms with Crippen LogP contribution in [0.4, 0.5) is 10.5 Å². The molecule has 1 aromatic rings. The zero-order chi connectivity index (χ0) is 11.8. The second-order valence-electron chi connectivity index (χ2n) is 3.88. The van der Waals surface area contributed by atoms with E-state index < -0.39 is 16.7 Å². The predicted octanol–water partition coefficient (Wildman–Crippen LogP) is 2.62. The summed E-state index contributed by atoms with van der Waals surface area (Å²) >= 11 is 0. The van der Waals surface area contributed by atoms with E-state index in [4.69, 9.17) is 5.11 Å². The minimum Gasteiger partial charge on any atom is -0.465 e. The average molecular weight is 243 g/mol. The quantitative estimate of drug-likeness (QED) is 0.642. The molecule has 1 aliphatic heterocycles. The molecule has 6 heteroatoms. The van der Waals surface area contributed by atoms with Crippen molar-refractivity contribution >= 4 is 22.4 Å². The third kappa shape index (κ3) is 2.46. The molecule has 88 valence electrons. The Kier molecular flexibility index (Phi) is 2.79. The molecule has 0 bridgehead atoms. The summed E-state index contributed by atoms with van der Waals surface area (Å²) in [7, 11) is -2.32. The highest BCUT2D eigenvalue weighted by Crippen LogP contribution is 2.55. The molecule has 1 heterocycles. The highest BCUT2D eigenvalue weighted by atomic mass is 32.3. The zero-order valence-electron chi connectivity index (χ0n) is 8.46. The lowest BCUT2D eigenvalue weighted by molar-refractivity contribution is 0.209. The van der Waals surface area contributed by atoms with Crippen LogP contribution < -0.4 is 5.32 Å². The number of anilines is 1. The van der Waals surface area contributed by atoms with E-state index in [-0.39, 0.29) is 5.92 Å². The average Bonchev–Trinajstić information content (AvgIpc) is 2.14. The van der Waals surface area contributed by atoms with Crippen molar-refractivity contribution in [1.82, 2.24) is 0 Å². The first-order valence-electron chi connectivity index (χ1n) is 4.80. The van der Waals surface area contributed by atoms with Crippen LogP contribution in [0.5, 0.6) is 0 Å². The van der Waals surface area contributed by atoms with Gasteiger partial charge >= 0.3 is 6.09 Å². The molecule has 0 radical (unpaired) electrons. The Hall–Kier alpha value is -1.24. The van der Waals surface area contributed by atoms with Gasteiger partial charge in [-0.15, -0.1) is 0 Å². The van der Waals surface area contributed by atoms with Gasteiger partial charge in [-0.3, -0.25) is 14.4 Å². The lowest BCUT2D eigenvalue weighted by Gasteiger charge is -2.47. The monoisotopic (exact) mass is 243 g/mol. The van der Waals surface area contributed by atoms with Crippen molar-refractivity contribution in [3.05, 3.63) is 29.8 Å². The number of hydrogen-bond acceptors (Lipinski definition) is 3. The maximum Gasteiger partial charge on any atom is 0.409 e. The van der Waals surface area contributed by atoms with Crippen LogP contribution in [0.3, 0.4) is 0 Å². The van der Waals surface area contributed by atoms with Gasteiger partial charge in [-0.05, 0) is 17.7 Å². The van der Waals surface area contributed by atoms with Crippen molar-refractivity contribution in [1.29, 1.82) is 0 Å². The summed E-state index contributed by atoms with van der Waals surface area (Å²) in [5, 5.41) is 10.7. The lowest BCUT2D eigenvalue weighted by Crippen LogP contribution is -2.30. The first-order chi connectivity index (χ1) is 7.46. The molecule has 4 N–H and O–H groups in total. The maximum atomic E-state index is 10.4. The molecular weight excluding hydrogens is 230 g/mol. The maximum absolute atomic E-state index is 10.4. The molecule has 0 aliphatic carbocycles. The lowest BCUT2D eigenvalue weighted by atomic mass is 10.0. The summed E-state index contributed by atoms with van der Waals surface area (Å²) in [6.07, 6.45) is -1.09. The highest BCUT2D eigenvalue weighted by molar-refractivity contribution is 8.25. The van der Waals surface area contributed by atoms with Gasteiger partial charge in [-0.2, -0.15) is 10.6 Å². The summed E-state index contributed by atoms with van der Waals surface area (Å²) < 4.78 is 18.5. The van der Waals surface area contributed by atoms with Gasteiger partial charge in [0.15, 0.2) is 0 Å². The fraction of sp³-hybridized carbons (Fsp3) is 0.300. The first-order valence-corrected chi connectivity index (χ1v) is 6.68. The third-order valence-corrected chi connectivity index (χ3v) is 4.44. The van der Waals surface area contributed by atoms with Crippen molar-refractivity contribution in [2.75, 3.05) is 16.8 Å². The molecule has 0 spiro atoms.